The van der Waals surface area contributed by atoms with Crippen molar-refractivity contribution in [2.45, 2.75) is 25.7 Å². The summed E-state index contributed by atoms with van der Waals surface area (Å²) < 4.78 is 0. The SMILES string of the molecule is O=C(O)C1CCC2CC1C2. The number of carboxylic acids is 1. The van der Waals surface area contributed by atoms with Crippen LogP contribution in [0.4, 0.5) is 0 Å². The average molecular weight is 140 g/mol. The molecular formula is C8H12O2. The molecular weight excluding hydrogens is 128 g/mol. The molecule has 0 heterocycles. The molecule has 2 heteroatoms. The van der Waals surface area contributed by atoms with Gasteiger partial charge in [0.05, 0.1) is 5.92 Å². The van der Waals surface area contributed by atoms with Gasteiger partial charge in [0, 0.05) is 0 Å². The van der Waals surface area contributed by atoms with Crippen LogP contribution >= 0.6 is 0 Å². The summed E-state index contributed by atoms with van der Waals surface area (Å²) in [6.07, 6.45) is 4.48. The zero-order valence-corrected chi connectivity index (χ0v) is 5.92. The Morgan fingerprint density at radius 3 is 2.30 bits per heavy atom. The van der Waals surface area contributed by atoms with Gasteiger partial charge in [-0.15, -0.1) is 0 Å². The molecule has 0 aromatic carbocycles. The Bertz CT molecular complexity index is 156. The highest BCUT2D eigenvalue weighted by atomic mass is 16.4. The van der Waals surface area contributed by atoms with E-state index in [0.29, 0.717) is 5.92 Å². The van der Waals surface area contributed by atoms with Crippen molar-refractivity contribution in [1.29, 1.82) is 0 Å². The molecule has 2 nitrogen and oxygen atoms in total. The fourth-order valence-corrected chi connectivity index (χ4v) is 2.33. The van der Waals surface area contributed by atoms with Crippen LogP contribution in [-0.2, 0) is 4.79 Å². The largest absolute Gasteiger partial charge is 0.481 e. The van der Waals surface area contributed by atoms with Crippen LogP contribution in [0.2, 0.25) is 0 Å². The van der Waals surface area contributed by atoms with Crippen molar-refractivity contribution in [2.75, 3.05) is 0 Å². The zero-order chi connectivity index (χ0) is 7.14. The minimum Gasteiger partial charge on any atom is -0.481 e. The van der Waals surface area contributed by atoms with Crippen LogP contribution in [0.5, 0.6) is 0 Å². The van der Waals surface area contributed by atoms with Gasteiger partial charge in [-0.2, -0.15) is 0 Å². The average Bonchev–Trinajstić information content (AvgIpc) is 1.86. The lowest BCUT2D eigenvalue weighted by atomic mass is 9.60. The van der Waals surface area contributed by atoms with E-state index in [1.165, 1.54) is 12.8 Å². The van der Waals surface area contributed by atoms with Gasteiger partial charge < -0.3 is 5.11 Å². The van der Waals surface area contributed by atoms with Gasteiger partial charge in [-0.1, -0.05) is 0 Å². The van der Waals surface area contributed by atoms with E-state index in [1.807, 2.05) is 0 Å². The minimum atomic E-state index is -0.567. The molecule has 1 atom stereocenters. The number of carboxylic acid groups (broad SMARTS) is 1. The molecule has 1 N–H and O–H groups in total. The summed E-state index contributed by atoms with van der Waals surface area (Å²) in [7, 11) is 0. The summed E-state index contributed by atoms with van der Waals surface area (Å²) in [5.41, 5.74) is 0. The molecule has 0 aromatic heterocycles. The first-order valence-corrected chi connectivity index (χ1v) is 4.00. The van der Waals surface area contributed by atoms with Crippen LogP contribution in [0.25, 0.3) is 0 Å². The number of rotatable bonds is 1. The highest BCUT2D eigenvalue weighted by molar-refractivity contribution is 5.70. The lowest BCUT2D eigenvalue weighted by Crippen LogP contribution is -2.39. The smallest absolute Gasteiger partial charge is 0.306 e. The molecule has 56 valence electrons. The van der Waals surface area contributed by atoms with E-state index in [0.717, 1.165) is 18.8 Å². The normalized spacial score (nSPS) is 44.2. The maximum atomic E-state index is 10.6. The Hall–Kier alpha value is -0.530. The molecule has 0 saturated heterocycles. The lowest BCUT2D eigenvalue weighted by Gasteiger charge is -2.44. The van der Waals surface area contributed by atoms with Gasteiger partial charge in [0.25, 0.3) is 0 Å². The van der Waals surface area contributed by atoms with Crippen LogP contribution in [0.1, 0.15) is 25.7 Å². The molecule has 1 unspecified atom stereocenters. The molecule has 2 bridgehead atoms. The van der Waals surface area contributed by atoms with Crippen LogP contribution < -0.4 is 0 Å². The fraction of sp³-hybridized carbons (Fsp3) is 0.875. The number of aliphatic carboxylic acids is 1. The van der Waals surface area contributed by atoms with Crippen molar-refractivity contribution in [1.82, 2.24) is 0 Å². The standard InChI is InChI=1S/C8H12O2/c9-8(10)7-2-1-5-3-6(7)4-5/h5-7H,1-4H2,(H,9,10). The van der Waals surface area contributed by atoms with Crippen LogP contribution in [-0.4, -0.2) is 11.1 Å². The Morgan fingerprint density at radius 2 is 2.00 bits per heavy atom. The topological polar surface area (TPSA) is 37.3 Å². The molecule has 0 aliphatic heterocycles. The van der Waals surface area contributed by atoms with Gasteiger partial charge in [0.1, 0.15) is 0 Å². The van der Waals surface area contributed by atoms with E-state index in [-0.39, 0.29) is 5.92 Å². The van der Waals surface area contributed by atoms with Gasteiger partial charge in [-0.25, -0.2) is 0 Å². The first-order chi connectivity index (χ1) is 4.77. The molecule has 10 heavy (non-hydrogen) atoms. The predicted octanol–water partition coefficient (Wildman–Crippen LogP) is 1.51. The Balaban J connectivity index is 2.02. The Morgan fingerprint density at radius 1 is 1.30 bits per heavy atom. The molecule has 3 aliphatic rings. The molecule has 0 radical (unpaired) electrons. The minimum absolute atomic E-state index is 0.00463. The second-order valence-corrected chi connectivity index (χ2v) is 3.62. The quantitative estimate of drug-likeness (QED) is 0.599. The second kappa shape index (κ2) is 1.97. The zero-order valence-electron chi connectivity index (χ0n) is 5.92. The first kappa shape index (κ1) is 6.20. The van der Waals surface area contributed by atoms with Crippen molar-refractivity contribution in [3.8, 4) is 0 Å². The van der Waals surface area contributed by atoms with Crippen molar-refractivity contribution < 1.29 is 9.90 Å². The van der Waals surface area contributed by atoms with Gasteiger partial charge >= 0.3 is 5.97 Å². The third-order valence-corrected chi connectivity index (χ3v) is 3.04. The summed E-state index contributed by atoms with van der Waals surface area (Å²) in [5.74, 6) is 0.866. The third-order valence-electron chi connectivity index (χ3n) is 3.04. The van der Waals surface area contributed by atoms with Gasteiger partial charge in [0.2, 0.25) is 0 Å². The van der Waals surface area contributed by atoms with Gasteiger partial charge in [-0.05, 0) is 37.5 Å². The van der Waals surface area contributed by atoms with Crippen molar-refractivity contribution >= 4 is 5.97 Å². The van der Waals surface area contributed by atoms with Crippen molar-refractivity contribution in [3.05, 3.63) is 0 Å². The number of hydrogen-bond acceptors (Lipinski definition) is 1. The van der Waals surface area contributed by atoms with E-state index in [9.17, 15) is 4.79 Å². The number of hydrogen-bond donors (Lipinski definition) is 1. The summed E-state index contributed by atoms with van der Waals surface area (Å²) >= 11 is 0. The summed E-state index contributed by atoms with van der Waals surface area (Å²) in [6, 6.07) is 0. The number of carbonyl (C=O) groups is 1. The Kier molecular flexibility index (Phi) is 1.22. The van der Waals surface area contributed by atoms with Crippen LogP contribution in [0.15, 0.2) is 0 Å². The van der Waals surface area contributed by atoms with Crippen LogP contribution in [0.3, 0.4) is 0 Å². The maximum absolute atomic E-state index is 10.6. The van der Waals surface area contributed by atoms with Gasteiger partial charge in [0.15, 0.2) is 0 Å². The molecule has 0 spiro atoms. The first-order valence-electron chi connectivity index (χ1n) is 4.00. The second-order valence-electron chi connectivity index (χ2n) is 3.62. The lowest BCUT2D eigenvalue weighted by molar-refractivity contribution is -0.149. The molecule has 3 fully saturated rings. The Labute approximate surface area is 60.2 Å². The monoisotopic (exact) mass is 140 g/mol. The maximum Gasteiger partial charge on any atom is 0.306 e. The predicted molar refractivity (Wildman–Crippen MR) is 36.6 cm³/mol. The van der Waals surface area contributed by atoms with E-state index < -0.39 is 5.97 Å². The van der Waals surface area contributed by atoms with Crippen LogP contribution in [0, 0.1) is 17.8 Å². The summed E-state index contributed by atoms with van der Waals surface area (Å²) in [6.45, 7) is 0. The van der Waals surface area contributed by atoms with Crippen molar-refractivity contribution in [3.63, 3.8) is 0 Å². The highest BCUT2D eigenvalue weighted by Crippen LogP contribution is 2.48. The van der Waals surface area contributed by atoms with Gasteiger partial charge in [-0.3, -0.25) is 4.79 Å². The van der Waals surface area contributed by atoms with E-state index >= 15 is 0 Å². The highest BCUT2D eigenvalue weighted by Gasteiger charge is 2.42. The number of fused-ring (bicyclic) bond motifs is 2. The molecule has 3 saturated carbocycles. The van der Waals surface area contributed by atoms with E-state index in [1.54, 1.807) is 0 Å². The molecule has 0 aromatic rings. The summed E-state index contributed by atoms with van der Waals surface area (Å²) in [4.78, 5) is 10.6. The molecule has 3 rings (SSSR count). The molecule has 0 amide bonds. The third kappa shape index (κ3) is 0.746. The summed E-state index contributed by atoms with van der Waals surface area (Å²) in [5, 5.41) is 8.73. The van der Waals surface area contributed by atoms with E-state index in [2.05, 4.69) is 0 Å². The van der Waals surface area contributed by atoms with E-state index in [4.69, 9.17) is 5.11 Å². The fourth-order valence-electron chi connectivity index (χ4n) is 2.33. The molecule has 3 aliphatic carbocycles. The van der Waals surface area contributed by atoms with Crippen molar-refractivity contribution in [2.24, 2.45) is 17.8 Å².